The summed E-state index contributed by atoms with van der Waals surface area (Å²) in [4.78, 5) is 4.28. The first-order valence-electron chi connectivity index (χ1n) is 4.64. The number of aryl methyl sites for hydroxylation is 1. The second-order valence-electron chi connectivity index (χ2n) is 3.35. The average molecular weight is 346 g/mol. The minimum absolute atomic E-state index is 0.308. The van der Waals surface area contributed by atoms with Gasteiger partial charge in [0.2, 0.25) is 0 Å². The third-order valence-corrected chi connectivity index (χ3v) is 3.60. The fourth-order valence-electron chi connectivity index (χ4n) is 1.53. The first kappa shape index (κ1) is 11.8. The van der Waals surface area contributed by atoms with E-state index in [-0.39, 0.29) is 6.04 Å². The van der Waals surface area contributed by atoms with Gasteiger partial charge in [0, 0.05) is 17.7 Å². The van der Waals surface area contributed by atoms with E-state index in [1.165, 1.54) is 0 Å². The molecule has 0 saturated carbocycles. The molecule has 0 spiro atoms. The van der Waals surface area contributed by atoms with Crippen molar-refractivity contribution in [2.45, 2.75) is 6.04 Å². The van der Waals surface area contributed by atoms with E-state index in [1.54, 1.807) is 17.1 Å². The zero-order chi connectivity index (χ0) is 11.7. The lowest BCUT2D eigenvalue weighted by Gasteiger charge is -2.13. The van der Waals surface area contributed by atoms with Crippen LogP contribution in [0.1, 0.15) is 17.4 Å². The Balaban J connectivity index is 2.47. The molecule has 2 heterocycles. The average Bonchev–Trinajstić information content (AvgIpc) is 2.58. The van der Waals surface area contributed by atoms with Gasteiger partial charge in [0.05, 0.1) is 28.1 Å². The molecule has 1 atom stereocenters. The van der Waals surface area contributed by atoms with Crippen LogP contribution in [-0.2, 0) is 7.05 Å². The van der Waals surface area contributed by atoms with Crippen LogP contribution in [0.25, 0.3) is 0 Å². The number of hydrogen-bond donors (Lipinski definition) is 1. The largest absolute Gasteiger partial charge is 0.318 e. The van der Waals surface area contributed by atoms with Gasteiger partial charge in [-0.1, -0.05) is 0 Å². The Labute approximate surface area is 110 Å². The van der Waals surface area contributed by atoms with Crippen LogP contribution in [0.5, 0.6) is 0 Å². The third-order valence-electron chi connectivity index (χ3n) is 2.31. The molecule has 2 aromatic rings. The van der Waals surface area contributed by atoms with Gasteiger partial charge in [-0.25, -0.2) is 0 Å². The summed E-state index contributed by atoms with van der Waals surface area (Å²) in [6.45, 7) is 0. The van der Waals surface area contributed by atoms with Crippen molar-refractivity contribution in [1.82, 2.24) is 14.8 Å². The lowest BCUT2D eigenvalue weighted by molar-refractivity contribution is 0.660. The van der Waals surface area contributed by atoms with Gasteiger partial charge in [-0.3, -0.25) is 9.67 Å². The minimum atomic E-state index is -0.308. The smallest absolute Gasteiger partial charge is 0.0919 e. The van der Waals surface area contributed by atoms with Crippen molar-refractivity contribution in [3.63, 3.8) is 0 Å². The van der Waals surface area contributed by atoms with Crippen LogP contribution in [0, 0.1) is 0 Å². The Morgan fingerprint density at radius 1 is 1.38 bits per heavy atom. The third kappa shape index (κ3) is 2.05. The maximum atomic E-state index is 6.18. The summed E-state index contributed by atoms with van der Waals surface area (Å²) in [5.74, 6) is 0. The summed E-state index contributed by atoms with van der Waals surface area (Å²) < 4.78 is 3.53. The van der Waals surface area contributed by atoms with E-state index in [4.69, 9.17) is 5.73 Å². The molecule has 1 unspecified atom stereocenters. The van der Waals surface area contributed by atoms with Gasteiger partial charge in [-0.15, -0.1) is 0 Å². The Hall–Kier alpha value is -0.720. The number of nitrogens with two attached hydrogens (primary N) is 1. The first-order valence-corrected chi connectivity index (χ1v) is 6.23. The molecule has 0 aliphatic heterocycles. The molecule has 2 aromatic heterocycles. The van der Waals surface area contributed by atoms with Crippen LogP contribution in [0.4, 0.5) is 0 Å². The highest BCUT2D eigenvalue weighted by Crippen LogP contribution is 2.28. The van der Waals surface area contributed by atoms with E-state index < -0.39 is 0 Å². The number of halogens is 2. The van der Waals surface area contributed by atoms with E-state index in [0.717, 1.165) is 20.3 Å². The van der Waals surface area contributed by atoms with Gasteiger partial charge in [0.25, 0.3) is 0 Å². The van der Waals surface area contributed by atoms with E-state index in [1.807, 2.05) is 19.2 Å². The Kier molecular flexibility index (Phi) is 3.41. The molecule has 0 aromatic carbocycles. The quantitative estimate of drug-likeness (QED) is 0.909. The van der Waals surface area contributed by atoms with Crippen molar-refractivity contribution in [2.75, 3.05) is 0 Å². The van der Waals surface area contributed by atoms with Gasteiger partial charge in [-0.05, 0) is 44.0 Å². The number of pyridine rings is 1. The van der Waals surface area contributed by atoms with Gasteiger partial charge in [0.1, 0.15) is 0 Å². The highest BCUT2D eigenvalue weighted by Gasteiger charge is 2.19. The van der Waals surface area contributed by atoms with E-state index in [2.05, 4.69) is 41.9 Å². The molecule has 0 aliphatic rings. The summed E-state index contributed by atoms with van der Waals surface area (Å²) in [5.41, 5.74) is 7.88. The Bertz CT molecular complexity index is 490. The van der Waals surface area contributed by atoms with Crippen molar-refractivity contribution in [1.29, 1.82) is 0 Å². The fraction of sp³-hybridized carbons (Fsp3) is 0.200. The number of rotatable bonds is 2. The SMILES string of the molecule is Cn1ncc(Br)c1C(N)c1ncccc1Br. The summed E-state index contributed by atoms with van der Waals surface area (Å²) in [5, 5.41) is 4.14. The Morgan fingerprint density at radius 2 is 2.12 bits per heavy atom. The van der Waals surface area contributed by atoms with Crippen molar-refractivity contribution < 1.29 is 0 Å². The van der Waals surface area contributed by atoms with Crippen LogP contribution in [-0.4, -0.2) is 14.8 Å². The molecule has 84 valence electrons. The zero-order valence-corrected chi connectivity index (χ0v) is 11.7. The normalized spacial score (nSPS) is 12.8. The maximum Gasteiger partial charge on any atom is 0.0919 e. The molecule has 0 bridgehead atoms. The number of hydrogen-bond acceptors (Lipinski definition) is 3. The zero-order valence-electron chi connectivity index (χ0n) is 8.56. The molecule has 0 aliphatic carbocycles. The molecule has 2 N–H and O–H groups in total. The van der Waals surface area contributed by atoms with Gasteiger partial charge >= 0.3 is 0 Å². The van der Waals surface area contributed by atoms with E-state index in [9.17, 15) is 0 Å². The molecule has 6 heteroatoms. The lowest BCUT2D eigenvalue weighted by atomic mass is 10.1. The van der Waals surface area contributed by atoms with Crippen LogP contribution >= 0.6 is 31.9 Å². The Morgan fingerprint density at radius 3 is 2.69 bits per heavy atom. The van der Waals surface area contributed by atoms with Gasteiger partial charge in [0.15, 0.2) is 0 Å². The standard InChI is InChI=1S/C10H10Br2N4/c1-16-10(7(12)5-15-16)8(13)9-6(11)3-2-4-14-9/h2-5,8H,13H2,1H3. The van der Waals surface area contributed by atoms with Crippen LogP contribution in [0.2, 0.25) is 0 Å². The van der Waals surface area contributed by atoms with Crippen molar-refractivity contribution in [2.24, 2.45) is 12.8 Å². The highest BCUT2D eigenvalue weighted by molar-refractivity contribution is 9.10. The first-order chi connectivity index (χ1) is 7.61. The molecule has 0 amide bonds. The molecule has 0 saturated heterocycles. The summed E-state index contributed by atoms with van der Waals surface area (Å²) in [6.07, 6.45) is 3.45. The molecule has 0 fully saturated rings. The topological polar surface area (TPSA) is 56.7 Å². The van der Waals surface area contributed by atoms with Crippen molar-refractivity contribution >= 4 is 31.9 Å². The fourth-order valence-corrected chi connectivity index (χ4v) is 2.62. The molecule has 16 heavy (non-hydrogen) atoms. The van der Waals surface area contributed by atoms with Crippen LogP contribution < -0.4 is 5.73 Å². The van der Waals surface area contributed by atoms with Gasteiger partial charge in [-0.2, -0.15) is 5.10 Å². The second-order valence-corrected chi connectivity index (χ2v) is 5.06. The predicted octanol–water partition coefficient (Wildman–Crippen LogP) is 2.39. The van der Waals surface area contributed by atoms with Crippen LogP contribution in [0.3, 0.4) is 0 Å². The van der Waals surface area contributed by atoms with Crippen LogP contribution in [0.15, 0.2) is 33.5 Å². The molecule has 0 radical (unpaired) electrons. The van der Waals surface area contributed by atoms with Gasteiger partial charge < -0.3 is 5.73 Å². The maximum absolute atomic E-state index is 6.18. The second kappa shape index (κ2) is 4.65. The van der Waals surface area contributed by atoms with Crippen molar-refractivity contribution in [3.8, 4) is 0 Å². The summed E-state index contributed by atoms with van der Waals surface area (Å²) in [7, 11) is 1.86. The molecular weight excluding hydrogens is 336 g/mol. The summed E-state index contributed by atoms with van der Waals surface area (Å²) >= 11 is 6.88. The lowest BCUT2D eigenvalue weighted by Crippen LogP contribution is -2.18. The molecular formula is C10H10Br2N4. The number of aromatic nitrogens is 3. The van der Waals surface area contributed by atoms with E-state index >= 15 is 0 Å². The summed E-state index contributed by atoms with van der Waals surface area (Å²) in [6, 6.07) is 3.47. The predicted molar refractivity (Wildman–Crippen MR) is 68.9 cm³/mol. The minimum Gasteiger partial charge on any atom is -0.318 e. The highest BCUT2D eigenvalue weighted by atomic mass is 79.9. The molecule has 4 nitrogen and oxygen atoms in total. The van der Waals surface area contributed by atoms with E-state index in [0.29, 0.717) is 0 Å². The number of nitrogens with zero attached hydrogens (tertiary/aromatic N) is 3. The van der Waals surface area contributed by atoms with Crippen molar-refractivity contribution in [3.05, 3.63) is 44.9 Å². The monoisotopic (exact) mass is 344 g/mol. The molecule has 2 rings (SSSR count).